The molecule has 5 heteroatoms. The van der Waals surface area contributed by atoms with Gasteiger partial charge >= 0.3 is 0 Å². The fourth-order valence-corrected chi connectivity index (χ4v) is 3.58. The maximum atomic E-state index is 13.2. The number of carbonyl (C=O) groups is 1. The number of halogens is 1. The van der Waals surface area contributed by atoms with Crippen LogP contribution in [-0.4, -0.2) is 26.9 Å². The molecule has 2 aromatic carbocycles. The van der Waals surface area contributed by atoms with Gasteiger partial charge in [-0.15, -0.1) is 0 Å². The molecule has 3 aromatic rings. The van der Waals surface area contributed by atoms with Crippen LogP contribution in [0.5, 0.6) is 0 Å². The molecule has 3 rings (SSSR count). The summed E-state index contributed by atoms with van der Waals surface area (Å²) in [5, 5.41) is 0.693. The minimum atomic E-state index is 0.0418. The van der Waals surface area contributed by atoms with Crippen molar-refractivity contribution < 1.29 is 4.79 Å². The Labute approximate surface area is 165 Å². The number of hydrogen-bond donors (Lipinski definition) is 0. The third-order valence-electron chi connectivity index (χ3n) is 4.58. The number of benzene rings is 2. The van der Waals surface area contributed by atoms with E-state index >= 15 is 0 Å². The Hall–Kier alpha value is -2.33. The summed E-state index contributed by atoms with van der Waals surface area (Å²) in [6.07, 6.45) is 0. The number of aromatic nitrogens is 2. The van der Waals surface area contributed by atoms with Gasteiger partial charge in [-0.25, -0.2) is 4.98 Å². The number of imidazole rings is 1. The lowest BCUT2D eigenvalue weighted by atomic mass is 10.1. The molecule has 0 aliphatic carbocycles. The summed E-state index contributed by atoms with van der Waals surface area (Å²) in [5.74, 6) is 1.30. The second-order valence-electron chi connectivity index (χ2n) is 7.35. The lowest BCUT2D eigenvalue weighted by Crippen LogP contribution is -2.34. The third kappa shape index (κ3) is 4.33. The number of fused-ring (bicyclic) bond motifs is 1. The molecule has 0 unspecified atom stereocenters. The Morgan fingerprint density at radius 3 is 2.67 bits per heavy atom. The molecule has 0 fully saturated rings. The average molecular weight is 384 g/mol. The second kappa shape index (κ2) is 8.13. The van der Waals surface area contributed by atoms with Gasteiger partial charge in [0.15, 0.2) is 0 Å². The van der Waals surface area contributed by atoms with Crippen molar-refractivity contribution in [2.24, 2.45) is 5.92 Å². The van der Waals surface area contributed by atoms with Crippen molar-refractivity contribution in [3.8, 4) is 0 Å². The number of hydrogen-bond acceptors (Lipinski definition) is 2. The van der Waals surface area contributed by atoms with E-state index in [1.165, 1.54) is 0 Å². The van der Waals surface area contributed by atoms with Crippen molar-refractivity contribution in [1.82, 2.24) is 14.5 Å². The monoisotopic (exact) mass is 383 g/mol. The van der Waals surface area contributed by atoms with E-state index in [0.717, 1.165) is 34.5 Å². The Kier molecular flexibility index (Phi) is 5.85. The molecule has 142 valence electrons. The van der Waals surface area contributed by atoms with Crippen LogP contribution < -0.4 is 0 Å². The predicted octanol–water partition coefficient (Wildman–Crippen LogP) is 5.32. The minimum Gasteiger partial charge on any atom is -0.331 e. The van der Waals surface area contributed by atoms with Crippen LogP contribution in [0.15, 0.2) is 42.5 Å². The molecule has 1 heterocycles. The summed E-state index contributed by atoms with van der Waals surface area (Å²) in [6.45, 7) is 10.3. The molecule has 0 atom stereocenters. The highest BCUT2D eigenvalue weighted by Crippen LogP contribution is 2.22. The fourth-order valence-electron chi connectivity index (χ4n) is 3.41. The van der Waals surface area contributed by atoms with Gasteiger partial charge in [-0.05, 0) is 50.1 Å². The van der Waals surface area contributed by atoms with Crippen LogP contribution in [0.2, 0.25) is 5.02 Å². The summed E-state index contributed by atoms with van der Waals surface area (Å²) < 4.78 is 2.14. The van der Waals surface area contributed by atoms with Crippen molar-refractivity contribution in [2.75, 3.05) is 6.54 Å². The molecule has 4 nitrogen and oxygen atoms in total. The molecule has 0 bridgehead atoms. The van der Waals surface area contributed by atoms with Crippen LogP contribution in [0.25, 0.3) is 11.0 Å². The van der Waals surface area contributed by atoms with Crippen molar-refractivity contribution in [1.29, 1.82) is 0 Å². The van der Waals surface area contributed by atoms with E-state index in [-0.39, 0.29) is 5.91 Å². The molecule has 0 radical (unpaired) electrons. The van der Waals surface area contributed by atoms with Crippen molar-refractivity contribution in [2.45, 2.75) is 40.8 Å². The summed E-state index contributed by atoms with van der Waals surface area (Å²) in [5.41, 5.74) is 3.72. The van der Waals surface area contributed by atoms with Crippen LogP contribution >= 0.6 is 11.6 Å². The van der Waals surface area contributed by atoms with Crippen LogP contribution in [-0.2, 0) is 13.1 Å². The number of amides is 1. The molecule has 0 saturated carbocycles. The molecular weight excluding hydrogens is 358 g/mol. The molecule has 0 spiro atoms. The molecule has 1 aromatic heterocycles. The zero-order valence-corrected chi connectivity index (χ0v) is 17.1. The molecule has 0 N–H and O–H groups in total. The van der Waals surface area contributed by atoms with Gasteiger partial charge in [0.1, 0.15) is 5.82 Å². The van der Waals surface area contributed by atoms with Crippen molar-refractivity contribution >= 4 is 28.5 Å². The zero-order chi connectivity index (χ0) is 19.6. The van der Waals surface area contributed by atoms with Gasteiger partial charge in [-0.2, -0.15) is 0 Å². The van der Waals surface area contributed by atoms with E-state index in [9.17, 15) is 4.79 Å². The summed E-state index contributed by atoms with van der Waals surface area (Å²) in [6, 6.07) is 13.5. The number of aryl methyl sites for hydroxylation is 2. The van der Waals surface area contributed by atoms with E-state index in [1.807, 2.05) is 54.3 Å². The maximum absolute atomic E-state index is 13.2. The fraction of sp³-hybridized carbons (Fsp3) is 0.364. The number of carbonyl (C=O) groups excluding carboxylic acids is 1. The highest BCUT2D eigenvalue weighted by atomic mass is 35.5. The summed E-state index contributed by atoms with van der Waals surface area (Å²) in [4.78, 5) is 19.8. The highest BCUT2D eigenvalue weighted by Gasteiger charge is 2.21. The van der Waals surface area contributed by atoms with Crippen LogP contribution in [0.4, 0.5) is 0 Å². The summed E-state index contributed by atoms with van der Waals surface area (Å²) in [7, 11) is 0. The molecule has 0 saturated heterocycles. The standard InChI is InChI=1S/C22H26ClN3O/c1-5-26-20-12-18(23)9-10-19(20)24-21(26)14-25(13-15(2)3)22(27)17-8-6-7-16(4)11-17/h6-12,15H,5,13-14H2,1-4H3. The second-order valence-corrected chi connectivity index (χ2v) is 7.79. The summed E-state index contributed by atoms with van der Waals surface area (Å²) >= 11 is 6.17. The molecular formula is C22H26ClN3O. The lowest BCUT2D eigenvalue weighted by molar-refractivity contribution is 0.0716. The number of nitrogens with zero attached hydrogens (tertiary/aromatic N) is 3. The van der Waals surface area contributed by atoms with E-state index in [1.54, 1.807) is 0 Å². The SMILES string of the molecule is CCn1c(CN(CC(C)C)C(=O)c2cccc(C)c2)nc2ccc(Cl)cc21. The first-order valence-electron chi connectivity index (χ1n) is 9.39. The van der Waals surface area contributed by atoms with Gasteiger partial charge in [-0.1, -0.05) is 43.1 Å². The molecule has 0 aliphatic rings. The van der Waals surface area contributed by atoms with Gasteiger partial charge in [0, 0.05) is 23.7 Å². The highest BCUT2D eigenvalue weighted by molar-refractivity contribution is 6.31. The average Bonchev–Trinajstić information content (AvgIpc) is 2.96. The van der Waals surface area contributed by atoms with Gasteiger partial charge in [0.05, 0.1) is 17.6 Å². The Morgan fingerprint density at radius 2 is 2.00 bits per heavy atom. The molecule has 0 aliphatic heterocycles. The topological polar surface area (TPSA) is 38.1 Å². The first-order chi connectivity index (χ1) is 12.9. The van der Waals surface area contributed by atoms with Crippen molar-refractivity contribution in [3.05, 3.63) is 64.4 Å². The zero-order valence-electron chi connectivity index (χ0n) is 16.4. The van der Waals surface area contributed by atoms with Gasteiger partial charge < -0.3 is 9.47 Å². The molecule has 1 amide bonds. The third-order valence-corrected chi connectivity index (χ3v) is 4.81. The van der Waals surface area contributed by atoms with Gasteiger partial charge in [0.25, 0.3) is 5.91 Å². The van der Waals surface area contributed by atoms with E-state index in [0.29, 0.717) is 24.0 Å². The quantitative estimate of drug-likeness (QED) is 0.578. The number of rotatable bonds is 6. The smallest absolute Gasteiger partial charge is 0.254 e. The van der Waals surface area contributed by atoms with Gasteiger partial charge in [0.2, 0.25) is 0 Å². The first-order valence-corrected chi connectivity index (χ1v) is 9.77. The minimum absolute atomic E-state index is 0.0418. The largest absolute Gasteiger partial charge is 0.331 e. The van der Waals surface area contributed by atoms with Gasteiger partial charge in [-0.3, -0.25) is 4.79 Å². The normalized spacial score (nSPS) is 11.3. The molecule has 27 heavy (non-hydrogen) atoms. The van der Waals surface area contributed by atoms with Crippen LogP contribution in [0, 0.1) is 12.8 Å². The Bertz CT molecular complexity index is 961. The van der Waals surface area contributed by atoms with E-state index in [4.69, 9.17) is 16.6 Å². The Morgan fingerprint density at radius 1 is 1.22 bits per heavy atom. The predicted molar refractivity (Wildman–Crippen MR) is 111 cm³/mol. The van der Waals surface area contributed by atoms with Crippen molar-refractivity contribution in [3.63, 3.8) is 0 Å². The lowest BCUT2D eigenvalue weighted by Gasteiger charge is -2.25. The first kappa shape index (κ1) is 19.4. The Balaban J connectivity index is 1.97. The van der Waals surface area contributed by atoms with Crippen LogP contribution in [0.3, 0.4) is 0 Å². The maximum Gasteiger partial charge on any atom is 0.254 e. The van der Waals surface area contributed by atoms with E-state index in [2.05, 4.69) is 25.3 Å². The van der Waals surface area contributed by atoms with E-state index < -0.39 is 0 Å². The van der Waals surface area contributed by atoms with Crippen LogP contribution in [0.1, 0.15) is 42.5 Å².